The third kappa shape index (κ3) is 2.54. The van der Waals surface area contributed by atoms with Crippen molar-refractivity contribution in [2.24, 2.45) is 10.3 Å². The van der Waals surface area contributed by atoms with Crippen molar-refractivity contribution in [2.75, 3.05) is 14.1 Å². The third-order valence-corrected chi connectivity index (χ3v) is 1.91. The van der Waals surface area contributed by atoms with Gasteiger partial charge < -0.3 is 0 Å². The minimum atomic E-state index is 0.939. The molecule has 70 valence electrons. The van der Waals surface area contributed by atoms with Gasteiger partial charge in [-0.2, -0.15) is 0 Å². The van der Waals surface area contributed by atoms with Crippen LogP contribution in [0.1, 0.15) is 11.1 Å². The molecule has 1 aromatic rings. The SMILES string of the molecule is Cc1cccc(N=NN(C)C)c1C. The van der Waals surface area contributed by atoms with Gasteiger partial charge in [0.15, 0.2) is 0 Å². The van der Waals surface area contributed by atoms with Gasteiger partial charge in [-0.05, 0) is 31.0 Å². The smallest absolute Gasteiger partial charge is 0.0905 e. The van der Waals surface area contributed by atoms with E-state index in [1.54, 1.807) is 5.01 Å². The molecule has 0 aliphatic carbocycles. The van der Waals surface area contributed by atoms with Crippen LogP contribution in [-0.2, 0) is 0 Å². The van der Waals surface area contributed by atoms with E-state index >= 15 is 0 Å². The first-order valence-electron chi connectivity index (χ1n) is 4.26. The molecule has 0 saturated heterocycles. The van der Waals surface area contributed by atoms with Crippen molar-refractivity contribution < 1.29 is 0 Å². The Morgan fingerprint density at radius 2 is 1.85 bits per heavy atom. The largest absolute Gasteiger partial charge is 0.285 e. The minimum absolute atomic E-state index is 0.939. The second-order valence-electron chi connectivity index (χ2n) is 3.26. The molecule has 0 amide bonds. The Bertz CT molecular complexity index is 316. The van der Waals surface area contributed by atoms with Crippen LogP contribution >= 0.6 is 0 Å². The van der Waals surface area contributed by atoms with E-state index in [0.717, 1.165) is 5.69 Å². The Hall–Kier alpha value is -1.38. The van der Waals surface area contributed by atoms with Crippen LogP contribution in [0.25, 0.3) is 0 Å². The highest BCUT2D eigenvalue weighted by Crippen LogP contribution is 2.21. The van der Waals surface area contributed by atoms with Crippen LogP contribution in [0, 0.1) is 13.8 Å². The van der Waals surface area contributed by atoms with E-state index in [2.05, 4.69) is 30.3 Å². The number of rotatable bonds is 2. The van der Waals surface area contributed by atoms with E-state index < -0.39 is 0 Å². The van der Waals surface area contributed by atoms with E-state index in [-0.39, 0.29) is 0 Å². The van der Waals surface area contributed by atoms with Crippen molar-refractivity contribution >= 4 is 5.69 Å². The van der Waals surface area contributed by atoms with Crippen LogP contribution in [0.2, 0.25) is 0 Å². The normalized spacial score (nSPS) is 10.8. The molecule has 13 heavy (non-hydrogen) atoms. The second kappa shape index (κ2) is 4.03. The summed E-state index contributed by atoms with van der Waals surface area (Å²) in [5.41, 5.74) is 3.37. The van der Waals surface area contributed by atoms with Crippen molar-refractivity contribution in [3.05, 3.63) is 29.3 Å². The first-order valence-corrected chi connectivity index (χ1v) is 4.26. The maximum Gasteiger partial charge on any atom is 0.0905 e. The average molecular weight is 177 g/mol. The Kier molecular flexibility index (Phi) is 3.01. The average Bonchev–Trinajstić information content (AvgIpc) is 2.07. The summed E-state index contributed by atoms with van der Waals surface area (Å²) in [5.74, 6) is 0. The van der Waals surface area contributed by atoms with Gasteiger partial charge in [0, 0.05) is 14.1 Å². The lowest BCUT2D eigenvalue weighted by atomic mass is 10.1. The van der Waals surface area contributed by atoms with Gasteiger partial charge in [-0.25, -0.2) is 0 Å². The summed E-state index contributed by atoms with van der Waals surface area (Å²) < 4.78 is 0. The van der Waals surface area contributed by atoms with E-state index in [9.17, 15) is 0 Å². The number of hydrogen-bond acceptors (Lipinski definition) is 2. The van der Waals surface area contributed by atoms with Gasteiger partial charge in [-0.15, -0.1) is 5.11 Å². The Labute approximate surface area is 79.1 Å². The van der Waals surface area contributed by atoms with Gasteiger partial charge >= 0.3 is 0 Å². The summed E-state index contributed by atoms with van der Waals surface area (Å²) in [6.45, 7) is 4.13. The molecule has 3 heteroatoms. The number of hydrogen-bond donors (Lipinski definition) is 0. The summed E-state index contributed by atoms with van der Waals surface area (Å²) in [4.78, 5) is 0. The van der Waals surface area contributed by atoms with Crippen LogP contribution in [0.4, 0.5) is 5.69 Å². The van der Waals surface area contributed by atoms with Gasteiger partial charge in [-0.3, -0.25) is 5.01 Å². The third-order valence-electron chi connectivity index (χ3n) is 1.91. The fourth-order valence-corrected chi connectivity index (χ4v) is 0.982. The van der Waals surface area contributed by atoms with Crippen LogP contribution < -0.4 is 0 Å². The molecule has 0 aliphatic rings. The molecule has 0 radical (unpaired) electrons. The summed E-state index contributed by atoms with van der Waals surface area (Å²) in [5, 5.41) is 9.75. The highest BCUT2D eigenvalue weighted by molar-refractivity contribution is 5.48. The molecular formula is C10H15N3. The standard InChI is InChI=1S/C10H15N3/c1-8-6-5-7-10(9(8)2)11-12-13(3)4/h5-7H,1-4H3. The lowest BCUT2D eigenvalue weighted by Crippen LogP contribution is -1.99. The molecule has 0 heterocycles. The number of aryl methyl sites for hydroxylation is 1. The zero-order valence-electron chi connectivity index (χ0n) is 8.57. The van der Waals surface area contributed by atoms with Crippen LogP contribution in [0.3, 0.4) is 0 Å². The van der Waals surface area contributed by atoms with E-state index in [0.29, 0.717) is 0 Å². The van der Waals surface area contributed by atoms with Crippen molar-refractivity contribution in [2.45, 2.75) is 13.8 Å². The molecule has 1 rings (SSSR count). The molecule has 0 aromatic heterocycles. The lowest BCUT2D eigenvalue weighted by molar-refractivity contribution is 0.408. The molecule has 0 aliphatic heterocycles. The Morgan fingerprint density at radius 3 is 2.46 bits per heavy atom. The molecule has 3 nitrogen and oxygen atoms in total. The molecule has 0 saturated carbocycles. The van der Waals surface area contributed by atoms with Crippen LogP contribution in [0.15, 0.2) is 28.5 Å². The van der Waals surface area contributed by atoms with Crippen molar-refractivity contribution in [1.29, 1.82) is 0 Å². The highest BCUT2D eigenvalue weighted by Gasteiger charge is 1.97. The van der Waals surface area contributed by atoms with Crippen LogP contribution in [0.5, 0.6) is 0 Å². The number of benzene rings is 1. The minimum Gasteiger partial charge on any atom is -0.285 e. The van der Waals surface area contributed by atoms with E-state index in [1.165, 1.54) is 11.1 Å². The lowest BCUT2D eigenvalue weighted by Gasteiger charge is -2.04. The Balaban J connectivity index is 2.95. The first kappa shape index (κ1) is 9.71. The summed E-state index contributed by atoms with van der Waals surface area (Å²) in [7, 11) is 3.71. The molecule has 0 spiro atoms. The quantitative estimate of drug-likeness (QED) is 0.504. The maximum atomic E-state index is 4.12. The predicted octanol–water partition coefficient (Wildman–Crippen LogP) is 2.86. The van der Waals surface area contributed by atoms with E-state index in [4.69, 9.17) is 0 Å². The van der Waals surface area contributed by atoms with Crippen molar-refractivity contribution in [1.82, 2.24) is 5.01 Å². The molecule has 0 N–H and O–H groups in total. The van der Waals surface area contributed by atoms with Gasteiger partial charge in [-0.1, -0.05) is 17.4 Å². The van der Waals surface area contributed by atoms with Crippen molar-refractivity contribution in [3.8, 4) is 0 Å². The summed E-state index contributed by atoms with van der Waals surface area (Å²) >= 11 is 0. The predicted molar refractivity (Wildman–Crippen MR) is 54.1 cm³/mol. The van der Waals surface area contributed by atoms with Gasteiger partial charge in [0.1, 0.15) is 0 Å². The Morgan fingerprint density at radius 1 is 1.15 bits per heavy atom. The topological polar surface area (TPSA) is 28.0 Å². The van der Waals surface area contributed by atoms with Gasteiger partial charge in [0.25, 0.3) is 0 Å². The molecule has 0 bridgehead atoms. The zero-order chi connectivity index (χ0) is 9.84. The molecule has 0 unspecified atom stereocenters. The monoisotopic (exact) mass is 177 g/mol. The number of nitrogens with zero attached hydrogens (tertiary/aromatic N) is 3. The van der Waals surface area contributed by atoms with Crippen LogP contribution in [-0.4, -0.2) is 19.1 Å². The zero-order valence-corrected chi connectivity index (χ0v) is 8.57. The van der Waals surface area contributed by atoms with Gasteiger partial charge in [0.05, 0.1) is 5.69 Å². The first-order chi connectivity index (χ1) is 6.11. The summed E-state index contributed by atoms with van der Waals surface area (Å²) in [6, 6.07) is 6.03. The highest BCUT2D eigenvalue weighted by atomic mass is 15.5. The maximum absolute atomic E-state index is 4.12. The fraction of sp³-hybridized carbons (Fsp3) is 0.400. The summed E-state index contributed by atoms with van der Waals surface area (Å²) in [6.07, 6.45) is 0. The van der Waals surface area contributed by atoms with Crippen molar-refractivity contribution in [3.63, 3.8) is 0 Å². The molecule has 1 aromatic carbocycles. The van der Waals surface area contributed by atoms with Gasteiger partial charge in [0.2, 0.25) is 0 Å². The molecular weight excluding hydrogens is 162 g/mol. The second-order valence-corrected chi connectivity index (χ2v) is 3.26. The van der Waals surface area contributed by atoms with E-state index in [1.807, 2.05) is 26.2 Å². The molecule has 0 fully saturated rings. The fourth-order valence-electron chi connectivity index (χ4n) is 0.982. The molecule has 0 atom stereocenters.